The van der Waals surface area contributed by atoms with Crippen molar-refractivity contribution in [3.63, 3.8) is 0 Å². The lowest BCUT2D eigenvalue weighted by Gasteiger charge is -2.33. The predicted molar refractivity (Wildman–Crippen MR) is 163 cm³/mol. The van der Waals surface area contributed by atoms with Crippen LogP contribution in [0.4, 0.5) is 0 Å². The lowest BCUT2D eigenvalue weighted by molar-refractivity contribution is -0.436. The molecule has 226 valence electrons. The number of nitrogens with one attached hydrogen (secondary N) is 1. The number of likely N-dealkylation sites (N-methyl/N-ethyl adjacent to an activating group) is 1. The molecule has 5 rings (SSSR count). The standard InChI is InChI=1S/C33H49N3O4S/c1-21(2)26-18-24(19-28-31(26)41(38,39)36(22(3)4)33(28,5)6)27-20-30(32(37)34-25-13-15-40-16-14-25)35(7)29(27)17-23-11-9-8-10-12-23/h18-23,25,27H,8-17H2,1-7H3/p+1. The number of rotatable bonds is 7. The molecule has 0 radical (unpaired) electrons. The SMILES string of the molecule is CC(C)c1cc(C2C=C(C(=O)NC3CCOCC3)[N+](C)=C2CC2CCCCC2)cc2c1S(=O)(=O)N(C(C)C)C2(C)C. The first-order valence-electron chi connectivity index (χ1n) is 15.8. The van der Waals surface area contributed by atoms with Gasteiger partial charge in [0.15, 0.2) is 5.71 Å². The topological polar surface area (TPSA) is 78.7 Å². The Morgan fingerprint density at radius 2 is 1.73 bits per heavy atom. The normalized spacial score (nSPS) is 25.2. The quantitative estimate of drug-likeness (QED) is 0.412. The second kappa shape index (κ2) is 11.6. The number of hydrogen-bond acceptors (Lipinski definition) is 4. The average Bonchev–Trinajstić information content (AvgIpc) is 3.32. The van der Waals surface area contributed by atoms with Crippen molar-refractivity contribution in [2.75, 3.05) is 20.3 Å². The molecule has 1 aromatic rings. The van der Waals surface area contributed by atoms with Crippen molar-refractivity contribution in [3.05, 3.63) is 40.6 Å². The number of carbonyl (C=O) groups excluding carboxylic acids is 1. The molecule has 8 heteroatoms. The number of hydrogen-bond donors (Lipinski definition) is 1. The third-order valence-electron chi connectivity index (χ3n) is 9.80. The Kier molecular flexibility index (Phi) is 8.59. The molecule has 3 aliphatic heterocycles. The number of carbonyl (C=O) groups is 1. The Bertz CT molecular complexity index is 1350. The molecule has 1 aromatic carbocycles. The molecule has 1 amide bonds. The average molecular weight is 585 g/mol. The van der Waals surface area contributed by atoms with Gasteiger partial charge in [0.2, 0.25) is 10.0 Å². The minimum absolute atomic E-state index is 0.0258. The van der Waals surface area contributed by atoms with Crippen LogP contribution in [0.15, 0.2) is 28.8 Å². The Hall–Kier alpha value is -2.03. The fourth-order valence-electron chi connectivity index (χ4n) is 7.76. The smallest absolute Gasteiger partial charge is 0.315 e. The molecule has 0 bridgehead atoms. The summed E-state index contributed by atoms with van der Waals surface area (Å²) in [7, 11) is -1.59. The van der Waals surface area contributed by atoms with Crippen molar-refractivity contribution < 1.29 is 22.5 Å². The van der Waals surface area contributed by atoms with Gasteiger partial charge in [-0.1, -0.05) is 45.2 Å². The van der Waals surface area contributed by atoms with Crippen LogP contribution in [0.1, 0.15) is 121 Å². The van der Waals surface area contributed by atoms with Gasteiger partial charge in [-0.2, -0.15) is 8.88 Å². The van der Waals surface area contributed by atoms with E-state index in [1.807, 2.05) is 34.7 Å². The Morgan fingerprint density at radius 1 is 1.07 bits per heavy atom. The van der Waals surface area contributed by atoms with E-state index < -0.39 is 15.6 Å². The summed E-state index contributed by atoms with van der Waals surface area (Å²) in [5, 5.41) is 3.27. The molecule has 4 aliphatic rings. The number of benzene rings is 1. The van der Waals surface area contributed by atoms with Gasteiger partial charge in [-0.15, -0.1) is 0 Å². The third-order valence-corrected chi connectivity index (χ3v) is 12.2. The fourth-order valence-corrected chi connectivity index (χ4v) is 10.4. The Balaban J connectivity index is 1.60. The maximum Gasteiger partial charge on any atom is 0.315 e. The number of nitrogens with zero attached hydrogens (tertiary/aromatic N) is 2. The van der Waals surface area contributed by atoms with Crippen molar-refractivity contribution in [2.45, 2.75) is 127 Å². The third kappa shape index (κ3) is 5.56. The van der Waals surface area contributed by atoms with Gasteiger partial charge < -0.3 is 10.1 Å². The van der Waals surface area contributed by atoms with Crippen LogP contribution >= 0.6 is 0 Å². The first kappa shape index (κ1) is 30.4. The van der Waals surface area contributed by atoms with Gasteiger partial charge in [0.05, 0.1) is 16.4 Å². The highest BCUT2D eigenvalue weighted by Gasteiger charge is 2.51. The van der Waals surface area contributed by atoms with Crippen LogP contribution in [0.3, 0.4) is 0 Å². The van der Waals surface area contributed by atoms with Crippen LogP contribution in [0.25, 0.3) is 0 Å². The summed E-state index contributed by atoms with van der Waals surface area (Å²) in [6, 6.07) is 4.23. The lowest BCUT2D eigenvalue weighted by atomic mass is 9.80. The van der Waals surface area contributed by atoms with Crippen molar-refractivity contribution >= 4 is 21.6 Å². The number of amides is 1. The van der Waals surface area contributed by atoms with Crippen LogP contribution in [0, 0.1) is 5.92 Å². The molecule has 1 unspecified atom stereocenters. The van der Waals surface area contributed by atoms with Crippen LogP contribution in [0.2, 0.25) is 0 Å². The first-order valence-corrected chi connectivity index (χ1v) is 17.2. The van der Waals surface area contributed by atoms with E-state index in [1.54, 1.807) is 4.31 Å². The van der Waals surface area contributed by atoms with Crippen molar-refractivity contribution in [3.8, 4) is 0 Å². The number of fused-ring (bicyclic) bond motifs is 1. The zero-order chi connectivity index (χ0) is 29.7. The maximum absolute atomic E-state index is 13.9. The van der Waals surface area contributed by atoms with E-state index in [4.69, 9.17) is 4.74 Å². The van der Waals surface area contributed by atoms with Gasteiger partial charge >= 0.3 is 5.91 Å². The Morgan fingerprint density at radius 3 is 2.34 bits per heavy atom. The highest BCUT2D eigenvalue weighted by molar-refractivity contribution is 7.89. The van der Waals surface area contributed by atoms with Gasteiger partial charge in [-0.3, -0.25) is 4.79 Å². The van der Waals surface area contributed by atoms with Crippen LogP contribution in [0.5, 0.6) is 0 Å². The Labute approximate surface area is 247 Å². The van der Waals surface area contributed by atoms with E-state index in [9.17, 15) is 13.2 Å². The minimum atomic E-state index is -3.63. The largest absolute Gasteiger partial charge is 0.381 e. The summed E-state index contributed by atoms with van der Waals surface area (Å²) in [5.74, 6) is 0.568. The monoisotopic (exact) mass is 584 g/mol. The molecule has 1 saturated heterocycles. The van der Waals surface area contributed by atoms with Gasteiger partial charge in [-0.25, -0.2) is 8.42 Å². The van der Waals surface area contributed by atoms with Gasteiger partial charge in [0, 0.05) is 37.8 Å². The first-order chi connectivity index (χ1) is 19.3. The van der Waals surface area contributed by atoms with E-state index in [1.165, 1.54) is 37.8 Å². The molecule has 1 atom stereocenters. The van der Waals surface area contributed by atoms with E-state index in [0.29, 0.717) is 29.7 Å². The summed E-state index contributed by atoms with van der Waals surface area (Å²) >= 11 is 0. The fraction of sp³-hybridized carbons (Fsp3) is 0.697. The van der Waals surface area contributed by atoms with Crippen molar-refractivity contribution in [1.29, 1.82) is 0 Å². The predicted octanol–water partition coefficient (Wildman–Crippen LogP) is 5.79. The summed E-state index contributed by atoms with van der Waals surface area (Å²) < 4.78 is 37.2. The zero-order valence-electron chi connectivity index (χ0n) is 26.1. The summed E-state index contributed by atoms with van der Waals surface area (Å²) in [6.45, 7) is 13.5. The van der Waals surface area contributed by atoms with E-state index in [2.05, 4.69) is 41.9 Å². The number of sulfonamides is 1. The second-order valence-electron chi connectivity index (χ2n) is 13.7. The highest BCUT2D eigenvalue weighted by atomic mass is 32.2. The molecular weight excluding hydrogens is 534 g/mol. The van der Waals surface area contributed by atoms with E-state index in [-0.39, 0.29) is 29.8 Å². The molecule has 0 spiro atoms. The number of ether oxygens (including phenoxy) is 1. The molecule has 1 saturated carbocycles. The summed E-state index contributed by atoms with van der Waals surface area (Å²) in [6.07, 6.45) is 11.1. The summed E-state index contributed by atoms with van der Waals surface area (Å²) in [5.41, 5.74) is 4.14. The van der Waals surface area contributed by atoms with E-state index >= 15 is 0 Å². The van der Waals surface area contributed by atoms with Crippen LogP contribution in [-0.2, 0) is 25.1 Å². The zero-order valence-corrected chi connectivity index (χ0v) is 26.9. The van der Waals surface area contributed by atoms with Crippen LogP contribution < -0.4 is 5.32 Å². The molecule has 3 heterocycles. The molecular formula is C33H50N3O4S+. The maximum atomic E-state index is 13.9. The lowest BCUT2D eigenvalue weighted by Crippen LogP contribution is -2.43. The molecule has 7 nitrogen and oxygen atoms in total. The minimum Gasteiger partial charge on any atom is -0.381 e. The summed E-state index contributed by atoms with van der Waals surface area (Å²) in [4.78, 5) is 14.1. The second-order valence-corrected chi connectivity index (χ2v) is 15.5. The van der Waals surface area contributed by atoms with Crippen LogP contribution in [-0.4, -0.2) is 61.3 Å². The van der Waals surface area contributed by atoms with Crippen molar-refractivity contribution in [2.24, 2.45) is 5.92 Å². The highest BCUT2D eigenvalue weighted by Crippen LogP contribution is 2.49. The molecule has 1 N–H and O–H groups in total. The molecule has 0 aromatic heterocycles. The van der Waals surface area contributed by atoms with E-state index in [0.717, 1.165) is 36.0 Å². The van der Waals surface area contributed by atoms with Gasteiger partial charge in [0.1, 0.15) is 7.05 Å². The molecule has 1 aliphatic carbocycles. The molecule has 41 heavy (non-hydrogen) atoms. The van der Waals surface area contributed by atoms with Gasteiger partial charge in [-0.05, 0) is 81.9 Å². The number of allylic oxidation sites excluding steroid dienone is 1. The molecule has 2 fully saturated rings. The van der Waals surface area contributed by atoms with Crippen molar-refractivity contribution in [1.82, 2.24) is 9.62 Å². The van der Waals surface area contributed by atoms with Gasteiger partial charge in [0.25, 0.3) is 5.70 Å².